The molecule has 1 aromatic rings. The van der Waals surface area contributed by atoms with E-state index in [0.29, 0.717) is 18.0 Å². The van der Waals surface area contributed by atoms with Crippen LogP contribution in [0.3, 0.4) is 0 Å². The van der Waals surface area contributed by atoms with Crippen LogP contribution in [-0.2, 0) is 15.3 Å². The summed E-state index contributed by atoms with van der Waals surface area (Å²) in [5.41, 5.74) is 6.12. The summed E-state index contributed by atoms with van der Waals surface area (Å²) < 4.78 is 22.8. The van der Waals surface area contributed by atoms with Gasteiger partial charge in [-0.25, -0.2) is 8.42 Å². The zero-order valence-electron chi connectivity index (χ0n) is 8.82. The number of nitrogens with two attached hydrogens (primary N) is 1. The van der Waals surface area contributed by atoms with Crippen LogP contribution in [0.2, 0.25) is 5.02 Å². The van der Waals surface area contributed by atoms with Gasteiger partial charge in [-0.05, 0) is 24.6 Å². The van der Waals surface area contributed by atoms with Crippen molar-refractivity contribution in [2.24, 2.45) is 5.73 Å². The molecule has 88 valence electrons. The van der Waals surface area contributed by atoms with E-state index in [2.05, 4.69) is 0 Å². The van der Waals surface area contributed by atoms with E-state index >= 15 is 0 Å². The molecule has 0 aliphatic carbocycles. The van der Waals surface area contributed by atoms with Crippen molar-refractivity contribution in [2.75, 3.05) is 18.1 Å². The summed E-state index contributed by atoms with van der Waals surface area (Å²) in [6.07, 6.45) is 0.663. The molecule has 0 saturated carbocycles. The highest BCUT2D eigenvalue weighted by Crippen LogP contribution is 2.42. The number of rotatable bonds is 3. The van der Waals surface area contributed by atoms with Crippen molar-refractivity contribution in [3.63, 3.8) is 0 Å². The third kappa shape index (κ3) is 1.97. The Morgan fingerprint density at radius 2 is 1.94 bits per heavy atom. The number of sulfone groups is 1. The van der Waals surface area contributed by atoms with Crippen LogP contribution in [-0.4, -0.2) is 26.5 Å². The topological polar surface area (TPSA) is 60.2 Å². The Morgan fingerprint density at radius 3 is 2.44 bits per heavy atom. The first-order chi connectivity index (χ1) is 7.49. The quantitative estimate of drug-likeness (QED) is 0.892. The number of benzene rings is 1. The lowest BCUT2D eigenvalue weighted by molar-refractivity contribution is 0.433. The number of hydrogen-bond donors (Lipinski definition) is 1. The fourth-order valence-corrected chi connectivity index (χ4v) is 4.94. The molecule has 1 heterocycles. The summed E-state index contributed by atoms with van der Waals surface area (Å²) in [7, 11) is -2.89. The molecule has 5 heteroatoms. The Labute approximate surface area is 101 Å². The second-order valence-corrected chi connectivity index (χ2v) is 6.80. The summed E-state index contributed by atoms with van der Waals surface area (Å²) >= 11 is 6.11. The molecule has 0 unspecified atom stereocenters. The van der Waals surface area contributed by atoms with Crippen molar-refractivity contribution in [2.45, 2.75) is 11.8 Å². The normalized spacial score (nSPS) is 21.4. The molecule has 16 heavy (non-hydrogen) atoms. The lowest BCUT2D eigenvalue weighted by Gasteiger charge is -2.42. The van der Waals surface area contributed by atoms with Crippen LogP contribution in [0, 0.1) is 0 Å². The smallest absolute Gasteiger partial charge is 0.152 e. The van der Waals surface area contributed by atoms with Gasteiger partial charge in [-0.3, -0.25) is 0 Å². The summed E-state index contributed by atoms with van der Waals surface area (Å²) in [6, 6.07) is 7.41. The van der Waals surface area contributed by atoms with E-state index in [4.69, 9.17) is 17.3 Å². The number of hydrogen-bond acceptors (Lipinski definition) is 3. The van der Waals surface area contributed by atoms with E-state index < -0.39 is 9.84 Å². The predicted molar refractivity (Wildman–Crippen MR) is 65.5 cm³/mol. The van der Waals surface area contributed by atoms with E-state index in [-0.39, 0.29) is 16.9 Å². The second kappa shape index (κ2) is 4.02. The minimum absolute atomic E-state index is 0.168. The first-order valence-corrected chi connectivity index (χ1v) is 7.35. The fraction of sp³-hybridized carbons (Fsp3) is 0.455. The Hall–Kier alpha value is -0.580. The summed E-state index contributed by atoms with van der Waals surface area (Å²) in [6.45, 7) is 0.473. The van der Waals surface area contributed by atoms with Gasteiger partial charge >= 0.3 is 0 Å². The molecule has 1 fully saturated rings. The maximum atomic E-state index is 11.4. The van der Waals surface area contributed by atoms with Crippen LogP contribution in [0.5, 0.6) is 0 Å². The molecule has 0 radical (unpaired) electrons. The Kier molecular flexibility index (Phi) is 2.99. The molecule has 1 aliphatic heterocycles. The van der Waals surface area contributed by atoms with Crippen LogP contribution < -0.4 is 5.73 Å². The average molecular weight is 260 g/mol. The van der Waals surface area contributed by atoms with Crippen LogP contribution >= 0.6 is 11.6 Å². The van der Waals surface area contributed by atoms with Gasteiger partial charge in [0.2, 0.25) is 0 Å². The molecular formula is C11H14ClNO2S. The van der Waals surface area contributed by atoms with Gasteiger partial charge in [-0.15, -0.1) is 0 Å². The van der Waals surface area contributed by atoms with Crippen molar-refractivity contribution in [3.05, 3.63) is 34.9 Å². The van der Waals surface area contributed by atoms with Crippen molar-refractivity contribution in [3.8, 4) is 0 Å². The van der Waals surface area contributed by atoms with Crippen molar-refractivity contribution >= 4 is 21.4 Å². The molecule has 3 nitrogen and oxygen atoms in total. The third-order valence-corrected chi connectivity index (χ3v) is 5.37. The second-order valence-electron chi connectivity index (χ2n) is 4.33. The van der Waals surface area contributed by atoms with Gasteiger partial charge in [0.25, 0.3) is 0 Å². The van der Waals surface area contributed by atoms with Crippen molar-refractivity contribution in [1.82, 2.24) is 0 Å². The summed E-state index contributed by atoms with van der Waals surface area (Å²) in [4.78, 5) is 0. The van der Waals surface area contributed by atoms with Gasteiger partial charge in [-0.2, -0.15) is 0 Å². The molecule has 2 rings (SSSR count). The van der Waals surface area contributed by atoms with Gasteiger partial charge in [0.1, 0.15) is 0 Å². The highest BCUT2D eigenvalue weighted by atomic mass is 35.5. The largest absolute Gasteiger partial charge is 0.330 e. The molecular weight excluding hydrogens is 246 g/mol. The standard InChI is InChI=1S/C11H14ClNO2S/c12-10-4-2-1-3-9(10)11(5-6-13)7-16(14,15)8-11/h1-4H,5-8,13H2. The zero-order chi connectivity index (χ0) is 11.8. The first-order valence-electron chi connectivity index (χ1n) is 5.15. The maximum Gasteiger partial charge on any atom is 0.152 e. The van der Waals surface area contributed by atoms with E-state index in [1.807, 2.05) is 18.2 Å². The minimum Gasteiger partial charge on any atom is -0.330 e. The molecule has 1 aromatic carbocycles. The van der Waals surface area contributed by atoms with Crippen molar-refractivity contribution in [1.29, 1.82) is 0 Å². The molecule has 0 spiro atoms. The van der Waals surface area contributed by atoms with Gasteiger partial charge < -0.3 is 5.73 Å². The number of halogens is 1. The summed E-state index contributed by atoms with van der Waals surface area (Å²) in [5, 5.41) is 0.630. The van der Waals surface area contributed by atoms with E-state index in [1.165, 1.54) is 0 Å². The van der Waals surface area contributed by atoms with Gasteiger partial charge in [0.05, 0.1) is 11.5 Å². The van der Waals surface area contributed by atoms with Crippen LogP contribution in [0.15, 0.2) is 24.3 Å². The zero-order valence-corrected chi connectivity index (χ0v) is 10.4. The average Bonchev–Trinajstić information content (AvgIpc) is 2.15. The lowest BCUT2D eigenvalue weighted by Crippen LogP contribution is -2.53. The Bertz CT molecular complexity index is 486. The SMILES string of the molecule is NCCC1(c2ccccc2Cl)CS(=O)(=O)C1. The molecule has 0 aromatic heterocycles. The van der Waals surface area contributed by atoms with E-state index in [1.54, 1.807) is 6.07 Å². The third-order valence-electron chi connectivity index (χ3n) is 3.06. The first kappa shape index (κ1) is 11.9. The predicted octanol–water partition coefficient (Wildman–Crippen LogP) is 1.36. The van der Waals surface area contributed by atoms with Crippen LogP contribution in [0.4, 0.5) is 0 Å². The highest BCUT2D eigenvalue weighted by molar-refractivity contribution is 7.93. The maximum absolute atomic E-state index is 11.4. The van der Waals surface area contributed by atoms with Gasteiger partial charge in [0, 0.05) is 10.4 Å². The Balaban J connectivity index is 2.39. The molecule has 2 N–H and O–H groups in total. The molecule has 0 bridgehead atoms. The van der Waals surface area contributed by atoms with Gasteiger partial charge in [-0.1, -0.05) is 29.8 Å². The monoisotopic (exact) mass is 259 g/mol. The Morgan fingerprint density at radius 1 is 1.31 bits per heavy atom. The van der Waals surface area contributed by atoms with Crippen molar-refractivity contribution < 1.29 is 8.42 Å². The highest BCUT2D eigenvalue weighted by Gasteiger charge is 2.49. The molecule has 1 aliphatic rings. The van der Waals surface area contributed by atoms with E-state index in [9.17, 15) is 8.42 Å². The molecule has 0 amide bonds. The van der Waals surface area contributed by atoms with Crippen LogP contribution in [0.25, 0.3) is 0 Å². The summed E-state index contributed by atoms with van der Waals surface area (Å²) in [5.74, 6) is 0.335. The minimum atomic E-state index is -2.89. The van der Waals surface area contributed by atoms with Gasteiger partial charge in [0.15, 0.2) is 9.84 Å². The molecule has 1 saturated heterocycles. The van der Waals surface area contributed by atoms with Crippen LogP contribution in [0.1, 0.15) is 12.0 Å². The van der Waals surface area contributed by atoms with E-state index in [0.717, 1.165) is 5.56 Å². The fourth-order valence-electron chi connectivity index (χ4n) is 2.40. The lowest BCUT2D eigenvalue weighted by atomic mass is 9.80. The molecule has 0 atom stereocenters.